The van der Waals surface area contributed by atoms with Crippen LogP contribution in [0.15, 0.2) is 36.2 Å². The summed E-state index contributed by atoms with van der Waals surface area (Å²) in [5.74, 6) is 1.09. The fourth-order valence-electron chi connectivity index (χ4n) is 1.33. The Morgan fingerprint density at radius 3 is 2.18 bits per heavy atom. The van der Waals surface area contributed by atoms with E-state index in [0.29, 0.717) is 18.2 Å². The second-order valence-corrected chi connectivity index (χ2v) is 6.13. The first-order chi connectivity index (χ1) is 7.77. The molecule has 0 aliphatic carbocycles. The van der Waals surface area contributed by atoms with Crippen LogP contribution in [0.25, 0.3) is 0 Å². The Morgan fingerprint density at radius 1 is 1.18 bits per heavy atom. The van der Waals surface area contributed by atoms with E-state index < -0.39 is 0 Å². The molecule has 0 rings (SSSR count). The highest BCUT2D eigenvalue weighted by Gasteiger charge is 2.20. The van der Waals surface area contributed by atoms with Gasteiger partial charge >= 0.3 is 0 Å². The number of allylic oxidation sites excluding steroid dienone is 5. The summed E-state index contributed by atoms with van der Waals surface area (Å²) in [5.41, 5.74) is 1.47. The van der Waals surface area contributed by atoms with Gasteiger partial charge in [-0.25, -0.2) is 4.39 Å². The van der Waals surface area contributed by atoms with Gasteiger partial charge in [-0.05, 0) is 35.3 Å². The van der Waals surface area contributed by atoms with Gasteiger partial charge in [0, 0.05) is 0 Å². The fourth-order valence-corrected chi connectivity index (χ4v) is 1.33. The summed E-state index contributed by atoms with van der Waals surface area (Å²) >= 11 is 0. The molecular weight excluding hydrogens is 211 g/mol. The third kappa shape index (κ3) is 7.95. The average Bonchev–Trinajstić information content (AvgIpc) is 2.20. The lowest BCUT2D eigenvalue weighted by molar-refractivity contribution is 0.261. The molecule has 0 radical (unpaired) electrons. The first-order valence-electron chi connectivity index (χ1n) is 6.41. The summed E-state index contributed by atoms with van der Waals surface area (Å²) < 4.78 is 12.1. The van der Waals surface area contributed by atoms with E-state index in [0.717, 1.165) is 6.42 Å². The molecule has 0 bridgehead atoms. The molecule has 0 aromatic rings. The molecule has 0 saturated carbocycles. The van der Waals surface area contributed by atoms with Crippen LogP contribution in [0.1, 0.15) is 48.0 Å². The van der Waals surface area contributed by atoms with Crippen LogP contribution in [0.3, 0.4) is 0 Å². The van der Waals surface area contributed by atoms with Gasteiger partial charge in [0.05, 0.1) is 6.33 Å². The molecule has 0 spiro atoms. The van der Waals surface area contributed by atoms with Crippen LogP contribution in [0.4, 0.5) is 4.39 Å². The zero-order chi connectivity index (χ0) is 13.5. The van der Waals surface area contributed by atoms with E-state index in [1.54, 1.807) is 0 Å². The first-order valence-corrected chi connectivity index (χ1v) is 6.41. The van der Waals surface area contributed by atoms with E-state index in [1.165, 1.54) is 11.6 Å². The van der Waals surface area contributed by atoms with Crippen molar-refractivity contribution in [1.82, 2.24) is 0 Å². The van der Waals surface area contributed by atoms with Gasteiger partial charge in [-0.2, -0.15) is 0 Å². The molecule has 0 saturated heterocycles. The van der Waals surface area contributed by atoms with Gasteiger partial charge in [-0.3, -0.25) is 0 Å². The largest absolute Gasteiger partial charge is 0.216 e. The van der Waals surface area contributed by atoms with Gasteiger partial charge in [0.2, 0.25) is 0 Å². The lowest BCUT2D eigenvalue weighted by atomic mass is 9.78. The highest BCUT2D eigenvalue weighted by Crippen LogP contribution is 2.31. The maximum absolute atomic E-state index is 12.1. The minimum Gasteiger partial charge on any atom is -0.216 e. The first kappa shape index (κ1) is 16.1. The van der Waals surface area contributed by atoms with Gasteiger partial charge in [0.25, 0.3) is 0 Å². The Kier molecular flexibility index (Phi) is 7.10. The van der Waals surface area contributed by atoms with Crippen molar-refractivity contribution >= 4 is 0 Å². The molecule has 0 aromatic heterocycles. The predicted molar refractivity (Wildman–Crippen MR) is 75.5 cm³/mol. The lowest BCUT2D eigenvalue weighted by Crippen LogP contribution is -2.17. The lowest BCUT2D eigenvalue weighted by Gasteiger charge is -2.27. The molecule has 1 atom stereocenters. The number of rotatable bonds is 5. The summed E-state index contributed by atoms with van der Waals surface area (Å²) in [4.78, 5) is 0. The zero-order valence-electron chi connectivity index (χ0n) is 12.1. The van der Waals surface area contributed by atoms with E-state index in [4.69, 9.17) is 0 Å². The summed E-state index contributed by atoms with van der Waals surface area (Å²) in [7, 11) is 0. The summed E-state index contributed by atoms with van der Waals surface area (Å²) in [5, 5.41) is 0. The van der Waals surface area contributed by atoms with Gasteiger partial charge in [0.1, 0.15) is 0 Å². The standard InChI is InChI=1S/C16H27F/c1-13(2)9-10-15(8-7-11-17)12-14(3)16(4,5)6/h7-11,13-14H,12H2,1-6H3/b10-9-,11-7+,15-8+/t14-/m1/s1. The number of halogens is 1. The third-order valence-electron chi connectivity index (χ3n) is 3.10. The minimum atomic E-state index is 0.282. The van der Waals surface area contributed by atoms with Gasteiger partial charge < -0.3 is 0 Å². The van der Waals surface area contributed by atoms with Crippen molar-refractivity contribution in [2.24, 2.45) is 17.3 Å². The van der Waals surface area contributed by atoms with Crippen molar-refractivity contribution in [3.05, 3.63) is 36.2 Å². The van der Waals surface area contributed by atoms with Gasteiger partial charge in [-0.15, -0.1) is 0 Å². The Balaban J connectivity index is 4.73. The summed E-state index contributed by atoms with van der Waals surface area (Å²) in [6.07, 6.45) is 9.18. The Bertz CT molecular complexity index is 287. The van der Waals surface area contributed by atoms with E-state index in [9.17, 15) is 4.39 Å². The van der Waals surface area contributed by atoms with Crippen LogP contribution in [0, 0.1) is 17.3 Å². The zero-order valence-corrected chi connectivity index (χ0v) is 12.1. The van der Waals surface area contributed by atoms with Crippen LogP contribution in [0.2, 0.25) is 0 Å². The van der Waals surface area contributed by atoms with Crippen molar-refractivity contribution < 1.29 is 4.39 Å². The molecule has 1 heteroatoms. The van der Waals surface area contributed by atoms with Crippen LogP contribution in [0.5, 0.6) is 0 Å². The van der Waals surface area contributed by atoms with Gasteiger partial charge in [0.15, 0.2) is 0 Å². The van der Waals surface area contributed by atoms with Gasteiger partial charge in [-0.1, -0.05) is 59.8 Å². The molecule has 98 valence electrons. The van der Waals surface area contributed by atoms with E-state index in [-0.39, 0.29) is 5.41 Å². The molecule has 0 unspecified atom stereocenters. The number of hydrogen-bond acceptors (Lipinski definition) is 0. The molecule has 17 heavy (non-hydrogen) atoms. The maximum Gasteiger partial charge on any atom is 0.0867 e. The Labute approximate surface area is 106 Å². The smallest absolute Gasteiger partial charge is 0.0867 e. The van der Waals surface area contributed by atoms with Crippen LogP contribution >= 0.6 is 0 Å². The SMILES string of the molecule is CC(C)\C=C/C(=C\C=C\F)C[C@@H](C)C(C)(C)C. The van der Waals surface area contributed by atoms with E-state index in [1.807, 2.05) is 6.08 Å². The molecule has 0 aromatic carbocycles. The maximum atomic E-state index is 12.1. The summed E-state index contributed by atoms with van der Waals surface area (Å²) in [6, 6.07) is 0. The topological polar surface area (TPSA) is 0 Å². The van der Waals surface area contributed by atoms with E-state index in [2.05, 4.69) is 53.7 Å². The normalized spacial score (nSPS) is 16.4. The average molecular weight is 238 g/mol. The quantitative estimate of drug-likeness (QED) is 0.540. The summed E-state index contributed by atoms with van der Waals surface area (Å²) in [6.45, 7) is 13.3. The van der Waals surface area contributed by atoms with Crippen molar-refractivity contribution in [3.63, 3.8) is 0 Å². The highest BCUT2D eigenvalue weighted by molar-refractivity contribution is 5.24. The second-order valence-electron chi connectivity index (χ2n) is 6.13. The van der Waals surface area contributed by atoms with Crippen molar-refractivity contribution in [3.8, 4) is 0 Å². The van der Waals surface area contributed by atoms with Crippen molar-refractivity contribution in [1.29, 1.82) is 0 Å². The molecule has 0 fully saturated rings. The van der Waals surface area contributed by atoms with Crippen LogP contribution < -0.4 is 0 Å². The molecule has 0 nitrogen and oxygen atoms in total. The molecule has 0 aliphatic heterocycles. The van der Waals surface area contributed by atoms with Crippen LogP contribution in [-0.4, -0.2) is 0 Å². The van der Waals surface area contributed by atoms with E-state index >= 15 is 0 Å². The minimum absolute atomic E-state index is 0.282. The second kappa shape index (κ2) is 7.47. The molecule has 0 N–H and O–H groups in total. The molecule has 0 heterocycles. The monoisotopic (exact) mass is 238 g/mol. The molecule has 0 aliphatic rings. The molecule has 0 amide bonds. The Hall–Kier alpha value is -0.850. The predicted octanol–water partition coefficient (Wildman–Crippen LogP) is 5.68. The Morgan fingerprint density at radius 2 is 1.76 bits per heavy atom. The fraction of sp³-hybridized carbons (Fsp3) is 0.625. The molecular formula is C16H27F. The number of hydrogen-bond donors (Lipinski definition) is 0. The third-order valence-corrected chi connectivity index (χ3v) is 3.10. The van der Waals surface area contributed by atoms with Crippen LogP contribution in [-0.2, 0) is 0 Å². The van der Waals surface area contributed by atoms with Crippen molar-refractivity contribution in [2.75, 3.05) is 0 Å². The highest BCUT2D eigenvalue weighted by atomic mass is 19.1. The van der Waals surface area contributed by atoms with Crippen molar-refractivity contribution in [2.45, 2.75) is 48.0 Å².